The van der Waals surface area contributed by atoms with Crippen molar-refractivity contribution in [1.82, 2.24) is 18.7 Å². The van der Waals surface area contributed by atoms with Gasteiger partial charge >= 0.3 is 0 Å². The summed E-state index contributed by atoms with van der Waals surface area (Å²) in [4.78, 5) is 11.1. The lowest BCUT2D eigenvalue weighted by molar-refractivity contribution is 0.446. The number of nitrogens with zero attached hydrogens (tertiary/aromatic N) is 5. The number of imidazole rings is 1. The van der Waals surface area contributed by atoms with Gasteiger partial charge in [0.15, 0.2) is 5.13 Å². The van der Waals surface area contributed by atoms with Gasteiger partial charge in [-0.3, -0.25) is 4.40 Å². The third-order valence-electron chi connectivity index (χ3n) is 6.22. The van der Waals surface area contributed by atoms with Crippen molar-refractivity contribution in [2.45, 2.75) is 26.7 Å². The standard InChI is InChI=1S/C26H29F2N5O2S2/c1-6-18(9-8-17(3)27)23-24(28)36-26(30-23)31(4)25-21(7-2)29-22-11-10-20(16-33(22)25)19-12-14-32(15-13-19)37(5,34)35/h6,8-12,16H,3,7,13-15H2,1-2,4-5H3/b9-8-,18-6+. The minimum Gasteiger partial charge on any atom is -0.305 e. The molecule has 0 radical (unpaired) electrons. The lowest BCUT2D eigenvalue weighted by Gasteiger charge is -2.24. The van der Waals surface area contributed by atoms with Crippen molar-refractivity contribution in [3.8, 4) is 0 Å². The van der Waals surface area contributed by atoms with Gasteiger partial charge in [0.05, 0.1) is 11.9 Å². The van der Waals surface area contributed by atoms with Gasteiger partial charge in [-0.1, -0.05) is 43.1 Å². The van der Waals surface area contributed by atoms with Crippen molar-refractivity contribution < 1.29 is 17.2 Å². The Morgan fingerprint density at radius 3 is 2.65 bits per heavy atom. The van der Waals surface area contributed by atoms with Crippen molar-refractivity contribution in [3.05, 3.63) is 77.1 Å². The lowest BCUT2D eigenvalue weighted by Crippen LogP contribution is -2.33. The summed E-state index contributed by atoms with van der Waals surface area (Å²) in [6.45, 7) is 7.71. The van der Waals surface area contributed by atoms with Gasteiger partial charge in [0, 0.05) is 26.3 Å². The second kappa shape index (κ2) is 10.7. The maximum Gasteiger partial charge on any atom is 0.211 e. The second-order valence-corrected chi connectivity index (χ2v) is 11.6. The second-order valence-electron chi connectivity index (χ2n) is 8.68. The summed E-state index contributed by atoms with van der Waals surface area (Å²) in [7, 11) is -1.42. The predicted molar refractivity (Wildman–Crippen MR) is 147 cm³/mol. The average molecular weight is 546 g/mol. The maximum absolute atomic E-state index is 15.0. The van der Waals surface area contributed by atoms with E-state index in [4.69, 9.17) is 4.98 Å². The number of sulfonamides is 1. The Labute approximate surface area is 219 Å². The van der Waals surface area contributed by atoms with Gasteiger partial charge in [-0.2, -0.15) is 8.70 Å². The van der Waals surface area contributed by atoms with E-state index in [9.17, 15) is 17.2 Å². The van der Waals surface area contributed by atoms with Crippen LogP contribution in [0.1, 0.15) is 37.2 Å². The molecule has 4 heterocycles. The predicted octanol–water partition coefficient (Wildman–Crippen LogP) is 5.75. The van der Waals surface area contributed by atoms with Crippen molar-refractivity contribution in [1.29, 1.82) is 0 Å². The fraction of sp³-hybridized carbons (Fsp3) is 0.308. The fourth-order valence-corrected chi connectivity index (χ4v) is 5.82. The molecule has 1 aliphatic rings. The zero-order valence-corrected chi connectivity index (χ0v) is 22.8. The van der Waals surface area contributed by atoms with Crippen LogP contribution in [0, 0.1) is 5.13 Å². The van der Waals surface area contributed by atoms with Crippen LogP contribution in [-0.2, 0) is 16.4 Å². The highest BCUT2D eigenvalue weighted by atomic mass is 32.2. The number of aromatic nitrogens is 3. The van der Waals surface area contributed by atoms with E-state index in [1.54, 1.807) is 13.0 Å². The number of thiazole rings is 1. The molecule has 0 aliphatic carbocycles. The van der Waals surface area contributed by atoms with E-state index in [1.165, 1.54) is 22.7 Å². The average Bonchev–Trinajstić information content (AvgIpc) is 3.43. The number of allylic oxidation sites excluding steroid dienone is 5. The summed E-state index contributed by atoms with van der Waals surface area (Å²) in [6, 6.07) is 3.91. The number of hydrogen-bond donors (Lipinski definition) is 0. The van der Waals surface area contributed by atoms with Crippen molar-refractivity contribution in [2.24, 2.45) is 0 Å². The Balaban J connectivity index is 1.73. The summed E-state index contributed by atoms with van der Waals surface area (Å²) >= 11 is 0.904. The topological polar surface area (TPSA) is 70.8 Å². The van der Waals surface area contributed by atoms with Crippen LogP contribution in [-0.4, -0.2) is 53.5 Å². The van der Waals surface area contributed by atoms with Crippen molar-refractivity contribution in [3.63, 3.8) is 0 Å². The van der Waals surface area contributed by atoms with Gasteiger partial charge in [0.1, 0.15) is 23.0 Å². The Bertz CT molecular complexity index is 1550. The largest absolute Gasteiger partial charge is 0.305 e. The molecule has 0 N–H and O–H groups in total. The quantitative estimate of drug-likeness (QED) is 0.337. The van der Waals surface area contributed by atoms with Gasteiger partial charge in [-0.05, 0) is 54.7 Å². The molecule has 196 valence electrons. The first kappa shape index (κ1) is 26.9. The Morgan fingerprint density at radius 2 is 2.05 bits per heavy atom. The Hall–Kier alpha value is -3.15. The number of halogens is 2. The summed E-state index contributed by atoms with van der Waals surface area (Å²) in [5.74, 6) is 0.141. The molecular weight excluding hydrogens is 516 g/mol. The summed E-state index contributed by atoms with van der Waals surface area (Å²) in [5, 5.41) is -0.0404. The molecule has 0 unspecified atom stereocenters. The van der Waals surface area contributed by atoms with E-state index in [-0.39, 0.29) is 5.69 Å². The summed E-state index contributed by atoms with van der Waals surface area (Å²) < 4.78 is 55.2. The smallest absolute Gasteiger partial charge is 0.211 e. The van der Waals surface area contributed by atoms with Crippen LogP contribution in [0.15, 0.2) is 55.0 Å². The summed E-state index contributed by atoms with van der Waals surface area (Å²) in [5.41, 5.74) is 4.20. The van der Waals surface area contributed by atoms with Crippen LogP contribution >= 0.6 is 11.3 Å². The van der Waals surface area contributed by atoms with Gasteiger partial charge in [0.2, 0.25) is 15.2 Å². The molecule has 37 heavy (non-hydrogen) atoms. The lowest BCUT2D eigenvalue weighted by atomic mass is 10.0. The zero-order chi connectivity index (χ0) is 26.9. The normalized spacial score (nSPS) is 15.5. The number of anilines is 2. The molecule has 1 aliphatic heterocycles. The molecule has 7 nitrogen and oxygen atoms in total. The monoisotopic (exact) mass is 545 g/mol. The molecule has 0 saturated heterocycles. The molecule has 11 heteroatoms. The zero-order valence-electron chi connectivity index (χ0n) is 21.2. The fourth-order valence-electron chi connectivity index (χ4n) is 4.27. The molecule has 0 aromatic carbocycles. The van der Waals surface area contributed by atoms with Crippen LogP contribution in [0.2, 0.25) is 0 Å². The molecule has 4 rings (SSSR count). The number of rotatable bonds is 8. The molecule has 3 aromatic heterocycles. The van der Waals surface area contributed by atoms with Crippen LogP contribution in [0.25, 0.3) is 16.8 Å². The van der Waals surface area contributed by atoms with Gasteiger partial charge < -0.3 is 4.90 Å². The SMILES string of the molecule is C=C(F)/C=C\C(=C/C)c1nc(N(C)c2c(CC)nc3ccc(C4=CCN(S(C)(=O)=O)CC4)cn23)sc1F. The van der Waals surface area contributed by atoms with E-state index in [0.717, 1.165) is 39.6 Å². The first-order valence-electron chi connectivity index (χ1n) is 11.8. The van der Waals surface area contributed by atoms with E-state index in [0.29, 0.717) is 36.6 Å². The maximum atomic E-state index is 15.0. The number of aryl methyl sites for hydroxylation is 1. The number of pyridine rings is 1. The van der Waals surface area contributed by atoms with Crippen LogP contribution in [0.3, 0.4) is 0 Å². The molecule has 0 bridgehead atoms. The minimum atomic E-state index is -3.23. The molecule has 3 aromatic rings. The Morgan fingerprint density at radius 1 is 1.30 bits per heavy atom. The third kappa shape index (κ3) is 5.58. The summed E-state index contributed by atoms with van der Waals surface area (Å²) in [6.07, 6.45) is 10.7. The number of fused-ring (bicyclic) bond motifs is 1. The van der Waals surface area contributed by atoms with E-state index in [1.807, 2.05) is 47.7 Å². The van der Waals surface area contributed by atoms with Crippen LogP contribution in [0.5, 0.6) is 0 Å². The van der Waals surface area contributed by atoms with Gasteiger partial charge in [0.25, 0.3) is 0 Å². The first-order chi connectivity index (χ1) is 17.5. The van der Waals surface area contributed by atoms with Crippen LogP contribution < -0.4 is 4.90 Å². The van der Waals surface area contributed by atoms with Gasteiger partial charge in [-0.25, -0.2) is 22.8 Å². The van der Waals surface area contributed by atoms with Crippen LogP contribution in [0.4, 0.5) is 19.7 Å². The van der Waals surface area contributed by atoms with Gasteiger partial charge in [-0.15, -0.1) is 0 Å². The molecule has 0 atom stereocenters. The molecule has 0 saturated carbocycles. The van der Waals surface area contributed by atoms with Crippen molar-refractivity contribution >= 4 is 49.1 Å². The highest BCUT2D eigenvalue weighted by Gasteiger charge is 2.24. The molecule has 0 fully saturated rings. The van der Waals surface area contributed by atoms with E-state index in [2.05, 4.69) is 11.6 Å². The highest BCUT2D eigenvalue weighted by Crippen LogP contribution is 2.36. The molecule has 0 spiro atoms. The first-order valence-corrected chi connectivity index (χ1v) is 14.4. The third-order valence-corrected chi connectivity index (χ3v) is 8.41. The van der Waals surface area contributed by atoms with E-state index >= 15 is 0 Å². The molecule has 0 amide bonds. The molecular formula is C26H29F2N5O2S2. The minimum absolute atomic E-state index is 0.141. The van der Waals surface area contributed by atoms with Crippen molar-refractivity contribution in [2.75, 3.05) is 31.3 Å². The Kier molecular flexibility index (Phi) is 7.77. The highest BCUT2D eigenvalue weighted by molar-refractivity contribution is 7.88. The number of hydrogen-bond acceptors (Lipinski definition) is 6. The van der Waals surface area contributed by atoms with E-state index < -0.39 is 21.0 Å².